The van der Waals surface area contributed by atoms with Crippen LogP contribution in [0.3, 0.4) is 0 Å². The molecular weight excluding hydrogens is 240 g/mol. The van der Waals surface area contributed by atoms with Crippen molar-refractivity contribution in [1.82, 2.24) is 9.80 Å². The summed E-state index contributed by atoms with van der Waals surface area (Å²) in [7, 11) is 2.21. The maximum absolute atomic E-state index is 11.3. The number of carbonyl (C=O) groups excluding carboxylic acids is 2. The van der Waals surface area contributed by atoms with E-state index in [2.05, 4.69) is 11.9 Å². The normalized spacial score (nSPS) is 26.2. The van der Waals surface area contributed by atoms with Crippen LogP contribution in [0.2, 0.25) is 0 Å². The van der Waals surface area contributed by atoms with E-state index in [0.717, 1.165) is 31.8 Å². The molecule has 108 valence electrons. The molecule has 0 saturated carbocycles. The Morgan fingerprint density at radius 3 is 2.68 bits per heavy atom. The first-order valence-electron chi connectivity index (χ1n) is 7.46. The van der Waals surface area contributed by atoms with Gasteiger partial charge in [0.1, 0.15) is 6.29 Å². The van der Waals surface area contributed by atoms with Crippen LogP contribution in [0.25, 0.3) is 0 Å². The predicted octanol–water partition coefficient (Wildman–Crippen LogP) is 1.69. The van der Waals surface area contributed by atoms with Crippen LogP contribution in [-0.4, -0.2) is 54.7 Å². The van der Waals surface area contributed by atoms with Crippen LogP contribution in [0.4, 0.5) is 0 Å². The third-order valence-electron chi connectivity index (χ3n) is 4.93. The predicted molar refractivity (Wildman–Crippen MR) is 74.9 cm³/mol. The van der Waals surface area contributed by atoms with Gasteiger partial charge in [0, 0.05) is 37.9 Å². The largest absolute Gasteiger partial charge is 0.342 e. The fraction of sp³-hybridized carbons (Fsp3) is 0.867. The van der Waals surface area contributed by atoms with E-state index in [0.29, 0.717) is 6.42 Å². The fourth-order valence-electron chi connectivity index (χ4n) is 3.61. The van der Waals surface area contributed by atoms with Gasteiger partial charge in [0.05, 0.1) is 0 Å². The molecule has 2 rings (SSSR count). The lowest BCUT2D eigenvalue weighted by Gasteiger charge is -2.49. The summed E-state index contributed by atoms with van der Waals surface area (Å²) in [5.74, 6) is 0.136. The second-order valence-electron chi connectivity index (χ2n) is 6.41. The molecule has 0 spiro atoms. The van der Waals surface area contributed by atoms with Crippen molar-refractivity contribution in [3.05, 3.63) is 0 Å². The van der Waals surface area contributed by atoms with Crippen molar-refractivity contribution in [2.24, 2.45) is 5.41 Å². The van der Waals surface area contributed by atoms with Crippen molar-refractivity contribution in [3.8, 4) is 0 Å². The van der Waals surface area contributed by atoms with E-state index in [9.17, 15) is 9.59 Å². The van der Waals surface area contributed by atoms with E-state index >= 15 is 0 Å². The minimum atomic E-state index is 0.0879. The third kappa shape index (κ3) is 3.35. The van der Waals surface area contributed by atoms with Crippen molar-refractivity contribution in [2.75, 3.05) is 26.7 Å². The van der Waals surface area contributed by atoms with Crippen LogP contribution < -0.4 is 0 Å². The average molecular weight is 266 g/mol. The molecule has 2 aliphatic heterocycles. The second-order valence-corrected chi connectivity index (χ2v) is 6.41. The number of amides is 1. The van der Waals surface area contributed by atoms with Crippen LogP contribution in [0.1, 0.15) is 45.4 Å². The summed E-state index contributed by atoms with van der Waals surface area (Å²) in [5.41, 5.74) is 0.0879. The molecule has 4 heteroatoms. The molecule has 1 amide bonds. The Bertz CT molecular complexity index is 337. The molecule has 2 saturated heterocycles. The zero-order chi connectivity index (χ0) is 13.9. The Kier molecular flexibility index (Phi) is 4.61. The Labute approximate surface area is 116 Å². The van der Waals surface area contributed by atoms with Gasteiger partial charge in [0.25, 0.3) is 0 Å². The fourth-order valence-corrected chi connectivity index (χ4v) is 3.61. The Hall–Kier alpha value is -0.900. The molecule has 0 bridgehead atoms. The molecule has 0 aromatic heterocycles. The molecule has 2 heterocycles. The first-order chi connectivity index (χ1) is 9.06. The lowest BCUT2D eigenvalue weighted by Crippen LogP contribution is -2.58. The molecule has 2 aliphatic rings. The zero-order valence-corrected chi connectivity index (χ0v) is 12.2. The first kappa shape index (κ1) is 14.5. The van der Waals surface area contributed by atoms with Crippen molar-refractivity contribution >= 4 is 12.2 Å². The summed E-state index contributed by atoms with van der Waals surface area (Å²) in [6, 6.07) is 0.734. The lowest BCUT2D eigenvalue weighted by molar-refractivity contribution is -0.143. The quantitative estimate of drug-likeness (QED) is 0.687. The molecule has 0 aromatic carbocycles. The third-order valence-corrected chi connectivity index (χ3v) is 4.93. The highest BCUT2D eigenvalue weighted by atomic mass is 16.2. The monoisotopic (exact) mass is 266 g/mol. The van der Waals surface area contributed by atoms with Crippen LogP contribution in [0, 0.1) is 5.41 Å². The van der Waals surface area contributed by atoms with Crippen molar-refractivity contribution in [2.45, 2.75) is 51.5 Å². The van der Waals surface area contributed by atoms with Gasteiger partial charge in [0.2, 0.25) is 5.91 Å². The summed E-state index contributed by atoms with van der Waals surface area (Å²) in [6.07, 6.45) is 7.76. The van der Waals surface area contributed by atoms with Gasteiger partial charge < -0.3 is 14.6 Å². The molecule has 1 atom stereocenters. The second kappa shape index (κ2) is 6.04. The topological polar surface area (TPSA) is 40.6 Å². The highest BCUT2D eigenvalue weighted by Gasteiger charge is 2.43. The van der Waals surface area contributed by atoms with Gasteiger partial charge in [-0.3, -0.25) is 4.79 Å². The zero-order valence-electron chi connectivity index (χ0n) is 12.2. The molecule has 0 unspecified atom stereocenters. The van der Waals surface area contributed by atoms with Crippen LogP contribution in [0.5, 0.6) is 0 Å². The van der Waals surface area contributed by atoms with E-state index in [-0.39, 0.29) is 11.3 Å². The van der Waals surface area contributed by atoms with Gasteiger partial charge in [-0.2, -0.15) is 0 Å². The Morgan fingerprint density at radius 2 is 2.16 bits per heavy atom. The van der Waals surface area contributed by atoms with Gasteiger partial charge in [-0.1, -0.05) is 6.42 Å². The standard InChI is InChI=1S/C15H26N2O2/c1-13(19)17-11-15(12-17,8-10-18)7-3-5-14-6-4-9-16(14)2/h10,14H,3-9,11-12H2,1-2H3/t14-/m0/s1. The highest BCUT2D eigenvalue weighted by Crippen LogP contribution is 2.38. The minimum absolute atomic E-state index is 0.0879. The molecule has 0 radical (unpaired) electrons. The van der Waals surface area contributed by atoms with Crippen LogP contribution >= 0.6 is 0 Å². The van der Waals surface area contributed by atoms with Crippen molar-refractivity contribution < 1.29 is 9.59 Å². The number of carbonyl (C=O) groups is 2. The molecule has 0 N–H and O–H groups in total. The van der Waals surface area contributed by atoms with Crippen LogP contribution in [0.15, 0.2) is 0 Å². The maximum Gasteiger partial charge on any atom is 0.219 e. The van der Waals surface area contributed by atoms with E-state index in [1.165, 1.54) is 32.2 Å². The van der Waals surface area contributed by atoms with Gasteiger partial charge >= 0.3 is 0 Å². The summed E-state index contributed by atoms with van der Waals surface area (Å²) in [5, 5.41) is 0. The number of aldehydes is 1. The highest BCUT2D eigenvalue weighted by molar-refractivity contribution is 5.74. The van der Waals surface area contributed by atoms with Crippen molar-refractivity contribution in [1.29, 1.82) is 0 Å². The number of hydrogen-bond donors (Lipinski definition) is 0. The number of hydrogen-bond acceptors (Lipinski definition) is 3. The molecule has 19 heavy (non-hydrogen) atoms. The smallest absolute Gasteiger partial charge is 0.219 e. The van der Waals surface area contributed by atoms with Gasteiger partial charge in [-0.15, -0.1) is 0 Å². The van der Waals surface area contributed by atoms with E-state index in [1.54, 1.807) is 6.92 Å². The first-order valence-corrected chi connectivity index (χ1v) is 7.46. The summed E-state index contributed by atoms with van der Waals surface area (Å²) in [6.45, 7) is 4.39. The number of rotatable bonds is 6. The summed E-state index contributed by atoms with van der Waals surface area (Å²) >= 11 is 0. The lowest BCUT2D eigenvalue weighted by atomic mass is 9.73. The summed E-state index contributed by atoms with van der Waals surface area (Å²) in [4.78, 5) is 26.4. The van der Waals surface area contributed by atoms with E-state index in [1.807, 2.05) is 4.90 Å². The molecular formula is C15H26N2O2. The summed E-state index contributed by atoms with van der Waals surface area (Å²) < 4.78 is 0. The molecule has 0 aromatic rings. The van der Waals surface area contributed by atoms with E-state index < -0.39 is 0 Å². The molecule has 2 fully saturated rings. The SMILES string of the molecule is CC(=O)N1CC(CC=O)(CCC[C@H]2CCCN2C)C1. The maximum atomic E-state index is 11.3. The van der Waals surface area contributed by atoms with Gasteiger partial charge in [-0.25, -0.2) is 0 Å². The molecule has 0 aliphatic carbocycles. The number of nitrogens with zero attached hydrogens (tertiary/aromatic N) is 2. The van der Waals surface area contributed by atoms with Gasteiger partial charge in [0.15, 0.2) is 0 Å². The minimum Gasteiger partial charge on any atom is -0.342 e. The number of likely N-dealkylation sites (tertiary alicyclic amines) is 2. The van der Waals surface area contributed by atoms with Crippen LogP contribution in [-0.2, 0) is 9.59 Å². The van der Waals surface area contributed by atoms with E-state index in [4.69, 9.17) is 0 Å². The molecule has 4 nitrogen and oxygen atoms in total. The van der Waals surface area contributed by atoms with Gasteiger partial charge in [-0.05, 0) is 39.3 Å². The average Bonchev–Trinajstić information content (AvgIpc) is 2.70. The van der Waals surface area contributed by atoms with Crippen molar-refractivity contribution in [3.63, 3.8) is 0 Å². The Balaban J connectivity index is 1.75. The Morgan fingerprint density at radius 1 is 1.42 bits per heavy atom.